The molecule has 1 unspecified atom stereocenters. The van der Waals surface area contributed by atoms with Gasteiger partial charge in [0.25, 0.3) is 5.91 Å². The second kappa shape index (κ2) is 12.1. The van der Waals surface area contributed by atoms with Gasteiger partial charge in [0.2, 0.25) is 11.7 Å². The monoisotopic (exact) mass is 534 g/mol. The topological polar surface area (TPSA) is 102 Å². The highest BCUT2D eigenvalue weighted by Crippen LogP contribution is 2.31. The third-order valence-corrected chi connectivity index (χ3v) is 5.40. The van der Waals surface area contributed by atoms with Crippen molar-refractivity contribution >= 4 is 11.9 Å². The number of oxazole rings is 1. The smallest absolute Gasteiger partial charge is 0.416 e. The first kappa shape index (κ1) is 27.2. The number of hydrogen-bond acceptors (Lipinski definition) is 5. The highest BCUT2D eigenvalue weighted by atomic mass is 19.4. The highest BCUT2D eigenvalue weighted by molar-refractivity contribution is 5.97. The molecule has 4 rings (SSSR count). The van der Waals surface area contributed by atoms with Crippen molar-refractivity contribution in [3.63, 3.8) is 0 Å². The molecule has 4 aromatic rings. The quantitative estimate of drug-likeness (QED) is 0.303. The Labute approximate surface area is 221 Å². The number of nitrogens with one attached hydrogen (secondary N) is 1. The van der Waals surface area contributed by atoms with E-state index in [1.54, 1.807) is 30.3 Å². The maximum Gasteiger partial charge on any atom is 0.416 e. The van der Waals surface area contributed by atoms with Gasteiger partial charge >= 0.3 is 12.1 Å². The Bertz CT molecular complexity index is 1490. The average molecular weight is 534 g/mol. The predicted molar refractivity (Wildman–Crippen MR) is 134 cm³/mol. The number of ether oxygens (including phenoxy) is 1. The molecule has 7 nitrogen and oxygen atoms in total. The maximum atomic E-state index is 13.1. The molecule has 10 heteroatoms. The number of hydrogen-bond donors (Lipinski definition) is 2. The fourth-order valence-corrected chi connectivity index (χ4v) is 3.40. The second-order valence-electron chi connectivity index (χ2n) is 8.25. The van der Waals surface area contributed by atoms with Crippen molar-refractivity contribution in [3.8, 4) is 23.3 Å². The third-order valence-electron chi connectivity index (χ3n) is 5.40. The largest absolute Gasteiger partial charge is 0.480 e. The molecule has 0 aliphatic rings. The standard InChI is InChI=1S/C29H21F3N2O5/c30-29(31,32)22-14-12-21(13-15-22)27-34-25(24(39-27)16-11-19-7-3-1-4-8-19)26(35)33-23(28(36)37)18-38-17-20-9-5-2-6-10-20/h1-10,12-15,23H,17-18H2,(H,33,35)(H,36,37). The van der Waals surface area contributed by atoms with E-state index in [0.29, 0.717) is 5.56 Å². The Kier molecular flexibility index (Phi) is 8.43. The van der Waals surface area contributed by atoms with Gasteiger partial charge in [-0.05, 0) is 47.9 Å². The van der Waals surface area contributed by atoms with Crippen molar-refractivity contribution in [1.82, 2.24) is 10.3 Å². The van der Waals surface area contributed by atoms with Crippen LogP contribution in [0.5, 0.6) is 0 Å². The number of carboxylic acids is 1. The summed E-state index contributed by atoms with van der Waals surface area (Å²) in [5.41, 5.74) is 0.422. The van der Waals surface area contributed by atoms with Crippen LogP contribution in [0, 0.1) is 11.8 Å². The molecule has 1 aromatic heterocycles. The number of benzene rings is 3. The minimum atomic E-state index is -4.53. The maximum absolute atomic E-state index is 13.1. The number of amides is 1. The Morgan fingerprint density at radius 1 is 0.949 bits per heavy atom. The van der Waals surface area contributed by atoms with Gasteiger partial charge in [-0.25, -0.2) is 9.78 Å². The summed E-state index contributed by atoms with van der Waals surface area (Å²) in [7, 11) is 0. The van der Waals surface area contributed by atoms with Crippen molar-refractivity contribution in [1.29, 1.82) is 0 Å². The summed E-state index contributed by atoms with van der Waals surface area (Å²) in [6.07, 6.45) is -4.53. The van der Waals surface area contributed by atoms with Gasteiger partial charge in [0.05, 0.1) is 18.8 Å². The van der Waals surface area contributed by atoms with Gasteiger partial charge < -0.3 is 19.6 Å². The van der Waals surface area contributed by atoms with Crippen molar-refractivity contribution in [2.24, 2.45) is 0 Å². The summed E-state index contributed by atoms with van der Waals surface area (Å²) < 4.78 is 50.0. The van der Waals surface area contributed by atoms with Crippen LogP contribution >= 0.6 is 0 Å². The molecule has 198 valence electrons. The molecule has 0 aliphatic heterocycles. The zero-order valence-electron chi connectivity index (χ0n) is 20.2. The molecule has 39 heavy (non-hydrogen) atoms. The fourth-order valence-electron chi connectivity index (χ4n) is 3.40. The lowest BCUT2D eigenvalue weighted by Crippen LogP contribution is -2.44. The first-order valence-corrected chi connectivity index (χ1v) is 11.6. The van der Waals surface area contributed by atoms with Crippen molar-refractivity contribution in [2.45, 2.75) is 18.8 Å². The number of rotatable bonds is 8. The van der Waals surface area contributed by atoms with E-state index in [2.05, 4.69) is 22.1 Å². The lowest BCUT2D eigenvalue weighted by molar-refractivity contribution is -0.141. The summed E-state index contributed by atoms with van der Waals surface area (Å²) in [4.78, 5) is 29.0. The van der Waals surface area contributed by atoms with Crippen LogP contribution in [-0.2, 0) is 22.3 Å². The zero-order valence-corrected chi connectivity index (χ0v) is 20.2. The molecule has 0 fully saturated rings. The van der Waals surface area contributed by atoms with Gasteiger partial charge in [-0.1, -0.05) is 54.5 Å². The van der Waals surface area contributed by atoms with Crippen LogP contribution in [-0.4, -0.2) is 34.6 Å². The number of alkyl halides is 3. The van der Waals surface area contributed by atoms with Crippen molar-refractivity contribution < 1.29 is 37.0 Å². The molecule has 0 aliphatic carbocycles. The van der Waals surface area contributed by atoms with E-state index in [0.717, 1.165) is 29.8 Å². The molecule has 0 saturated heterocycles. The van der Waals surface area contributed by atoms with Crippen LogP contribution in [0.4, 0.5) is 13.2 Å². The Hall–Kier alpha value is -4.88. The number of nitrogens with zero attached hydrogens (tertiary/aromatic N) is 1. The van der Waals surface area contributed by atoms with Crippen LogP contribution in [0.25, 0.3) is 11.5 Å². The molecule has 2 N–H and O–H groups in total. The minimum absolute atomic E-state index is 0.135. The molecule has 1 atom stereocenters. The van der Waals surface area contributed by atoms with E-state index in [1.165, 1.54) is 0 Å². The number of aliphatic carboxylic acids is 1. The fraction of sp³-hybridized carbons (Fsp3) is 0.138. The number of halogens is 3. The van der Waals surface area contributed by atoms with E-state index < -0.39 is 29.7 Å². The van der Waals surface area contributed by atoms with Crippen LogP contribution in [0.1, 0.15) is 32.9 Å². The van der Waals surface area contributed by atoms with E-state index in [4.69, 9.17) is 9.15 Å². The normalized spacial score (nSPS) is 11.8. The minimum Gasteiger partial charge on any atom is -0.480 e. The molecule has 1 heterocycles. The number of aromatic nitrogens is 1. The highest BCUT2D eigenvalue weighted by Gasteiger charge is 2.31. The molecular weight excluding hydrogens is 513 g/mol. The summed E-state index contributed by atoms with van der Waals surface area (Å²) in [6, 6.07) is 20.5. The Morgan fingerprint density at radius 3 is 2.21 bits per heavy atom. The lowest BCUT2D eigenvalue weighted by atomic mass is 10.1. The van der Waals surface area contributed by atoms with Crippen molar-refractivity contribution in [3.05, 3.63) is 113 Å². The third kappa shape index (κ3) is 7.34. The molecule has 0 radical (unpaired) electrons. The number of carboxylic acid groups (broad SMARTS) is 1. The average Bonchev–Trinajstić information content (AvgIpc) is 3.36. The summed E-state index contributed by atoms with van der Waals surface area (Å²) in [6.45, 7) is -0.194. The second-order valence-corrected chi connectivity index (χ2v) is 8.25. The summed E-state index contributed by atoms with van der Waals surface area (Å²) >= 11 is 0. The van der Waals surface area contributed by atoms with Gasteiger partial charge in [-0.3, -0.25) is 4.79 Å². The van der Waals surface area contributed by atoms with Gasteiger partial charge in [-0.2, -0.15) is 13.2 Å². The summed E-state index contributed by atoms with van der Waals surface area (Å²) in [5.74, 6) is 2.96. The SMILES string of the molecule is O=C(NC(COCc1ccccc1)C(=O)O)c1nc(-c2ccc(C(F)(F)F)cc2)oc1C#Cc1ccccc1. The van der Waals surface area contributed by atoms with Crippen LogP contribution in [0.2, 0.25) is 0 Å². The molecular formula is C29H21F3N2O5. The predicted octanol–water partition coefficient (Wildman–Crippen LogP) is 5.16. The Balaban J connectivity index is 1.58. The molecule has 0 bridgehead atoms. The van der Waals surface area contributed by atoms with Gasteiger partial charge in [0, 0.05) is 11.1 Å². The number of carbonyl (C=O) groups is 2. The van der Waals surface area contributed by atoms with E-state index in [9.17, 15) is 27.9 Å². The Morgan fingerprint density at radius 2 is 1.59 bits per heavy atom. The van der Waals surface area contributed by atoms with Crippen LogP contribution < -0.4 is 5.32 Å². The number of carbonyl (C=O) groups excluding carboxylic acids is 1. The molecule has 0 spiro atoms. The molecule has 1 amide bonds. The molecule has 0 saturated carbocycles. The van der Waals surface area contributed by atoms with Crippen molar-refractivity contribution in [2.75, 3.05) is 6.61 Å². The first-order valence-electron chi connectivity index (χ1n) is 11.6. The van der Waals surface area contributed by atoms with E-state index in [-0.39, 0.29) is 36.1 Å². The lowest BCUT2D eigenvalue weighted by Gasteiger charge is -2.14. The van der Waals surface area contributed by atoms with Crippen LogP contribution in [0.3, 0.4) is 0 Å². The zero-order chi connectivity index (χ0) is 27.8. The van der Waals surface area contributed by atoms with E-state index >= 15 is 0 Å². The first-order chi connectivity index (χ1) is 18.7. The van der Waals surface area contributed by atoms with Gasteiger partial charge in [0.15, 0.2) is 11.7 Å². The summed E-state index contributed by atoms with van der Waals surface area (Å²) in [5, 5.41) is 12.0. The van der Waals surface area contributed by atoms with Gasteiger partial charge in [0.1, 0.15) is 0 Å². The van der Waals surface area contributed by atoms with Crippen LogP contribution in [0.15, 0.2) is 89.3 Å². The molecule has 3 aromatic carbocycles. The van der Waals surface area contributed by atoms with Gasteiger partial charge in [-0.15, -0.1) is 0 Å². The van der Waals surface area contributed by atoms with E-state index in [1.807, 2.05) is 30.3 Å².